The van der Waals surface area contributed by atoms with Crippen molar-refractivity contribution in [3.63, 3.8) is 0 Å². The minimum atomic E-state index is -0.778. The van der Waals surface area contributed by atoms with E-state index in [0.717, 1.165) is 0 Å². The lowest BCUT2D eigenvalue weighted by molar-refractivity contribution is -0.269. The molecule has 5 nitrogen and oxygen atoms in total. The van der Waals surface area contributed by atoms with Gasteiger partial charge in [0.05, 0.1) is 6.42 Å². The number of ether oxygens (including phenoxy) is 5. The highest BCUT2D eigenvalue weighted by Crippen LogP contribution is 2.35. The molecule has 0 aromatic carbocycles. The second-order valence-electron chi connectivity index (χ2n) is 4.01. The third kappa shape index (κ3) is 3.12. The van der Waals surface area contributed by atoms with Crippen molar-refractivity contribution in [1.82, 2.24) is 0 Å². The Hall–Kier alpha value is -0.200. The molecule has 1 unspecified atom stereocenters. The second kappa shape index (κ2) is 4.76. The average Bonchev–Trinajstić information content (AvgIpc) is 2.52. The van der Waals surface area contributed by atoms with Crippen LogP contribution in [0.3, 0.4) is 0 Å². The topological polar surface area (TPSA) is 46.2 Å². The summed E-state index contributed by atoms with van der Waals surface area (Å²) in [4.78, 5) is 0. The van der Waals surface area contributed by atoms with Gasteiger partial charge in [-0.3, -0.25) is 0 Å². The zero-order chi connectivity index (χ0) is 11.5. The average molecular weight is 220 g/mol. The summed E-state index contributed by atoms with van der Waals surface area (Å²) in [5, 5.41) is 0. The van der Waals surface area contributed by atoms with Crippen molar-refractivity contribution in [1.29, 1.82) is 0 Å². The molecule has 1 rings (SSSR count). The van der Waals surface area contributed by atoms with E-state index in [4.69, 9.17) is 23.7 Å². The lowest BCUT2D eigenvalue weighted by atomic mass is 10.2. The van der Waals surface area contributed by atoms with E-state index in [1.54, 1.807) is 21.3 Å². The highest BCUT2D eigenvalue weighted by Gasteiger charge is 2.47. The molecular weight excluding hydrogens is 200 g/mol. The van der Waals surface area contributed by atoms with Crippen LogP contribution in [-0.4, -0.2) is 45.8 Å². The summed E-state index contributed by atoms with van der Waals surface area (Å²) in [5.74, 6) is -1.40. The molecule has 0 radical (unpaired) electrons. The Morgan fingerprint density at radius 2 is 1.80 bits per heavy atom. The first kappa shape index (κ1) is 12.9. The fourth-order valence-electron chi connectivity index (χ4n) is 1.59. The summed E-state index contributed by atoms with van der Waals surface area (Å²) in [5.41, 5.74) is 0. The molecule has 0 bridgehead atoms. The standard InChI is InChI=1S/C10H20O5/c1-9(2)14-7-10(13-5,15-9)6-8(11-3)12-4/h8H,6-7H2,1-5H3. The zero-order valence-corrected chi connectivity index (χ0v) is 10.0. The van der Waals surface area contributed by atoms with Gasteiger partial charge in [-0.05, 0) is 13.8 Å². The minimum absolute atomic E-state index is 0.359. The third-order valence-corrected chi connectivity index (χ3v) is 2.45. The second-order valence-corrected chi connectivity index (χ2v) is 4.01. The molecule has 0 spiro atoms. The van der Waals surface area contributed by atoms with Crippen LogP contribution in [-0.2, 0) is 23.7 Å². The number of hydrogen-bond donors (Lipinski definition) is 0. The van der Waals surface area contributed by atoms with Crippen molar-refractivity contribution >= 4 is 0 Å². The first-order valence-corrected chi connectivity index (χ1v) is 4.92. The maximum absolute atomic E-state index is 5.72. The Bertz CT molecular complexity index is 202. The van der Waals surface area contributed by atoms with E-state index in [-0.39, 0.29) is 6.29 Å². The van der Waals surface area contributed by atoms with Crippen molar-refractivity contribution in [3.05, 3.63) is 0 Å². The van der Waals surface area contributed by atoms with Gasteiger partial charge < -0.3 is 23.7 Å². The molecule has 1 aliphatic rings. The van der Waals surface area contributed by atoms with Crippen LogP contribution in [0.15, 0.2) is 0 Å². The van der Waals surface area contributed by atoms with Crippen molar-refractivity contribution in [3.8, 4) is 0 Å². The lowest BCUT2D eigenvalue weighted by Gasteiger charge is -2.30. The van der Waals surface area contributed by atoms with Crippen LogP contribution in [0.2, 0.25) is 0 Å². The fraction of sp³-hybridized carbons (Fsp3) is 1.00. The molecule has 15 heavy (non-hydrogen) atoms. The van der Waals surface area contributed by atoms with E-state index in [1.807, 2.05) is 13.8 Å². The predicted molar refractivity (Wildman–Crippen MR) is 53.3 cm³/mol. The quantitative estimate of drug-likeness (QED) is 0.650. The molecule has 1 atom stereocenters. The Morgan fingerprint density at radius 1 is 1.20 bits per heavy atom. The molecule has 0 saturated carbocycles. The molecule has 1 fully saturated rings. The molecule has 0 aromatic rings. The van der Waals surface area contributed by atoms with Gasteiger partial charge in [0.25, 0.3) is 0 Å². The van der Waals surface area contributed by atoms with Gasteiger partial charge in [0.1, 0.15) is 6.61 Å². The monoisotopic (exact) mass is 220 g/mol. The van der Waals surface area contributed by atoms with Crippen LogP contribution >= 0.6 is 0 Å². The number of rotatable bonds is 5. The first-order chi connectivity index (χ1) is 6.97. The summed E-state index contributed by atoms with van der Waals surface area (Å²) in [6, 6.07) is 0. The summed E-state index contributed by atoms with van der Waals surface area (Å²) in [7, 11) is 4.75. The van der Waals surface area contributed by atoms with Crippen molar-refractivity contribution in [2.75, 3.05) is 27.9 Å². The highest BCUT2D eigenvalue weighted by molar-refractivity contribution is 4.80. The smallest absolute Gasteiger partial charge is 0.199 e. The van der Waals surface area contributed by atoms with Gasteiger partial charge in [-0.1, -0.05) is 0 Å². The largest absolute Gasteiger partial charge is 0.356 e. The van der Waals surface area contributed by atoms with Crippen molar-refractivity contribution in [2.24, 2.45) is 0 Å². The van der Waals surface area contributed by atoms with Crippen LogP contribution in [0.4, 0.5) is 0 Å². The van der Waals surface area contributed by atoms with Gasteiger partial charge >= 0.3 is 0 Å². The van der Waals surface area contributed by atoms with Crippen molar-refractivity contribution in [2.45, 2.75) is 38.1 Å². The highest BCUT2D eigenvalue weighted by atomic mass is 16.8. The van der Waals surface area contributed by atoms with Crippen LogP contribution < -0.4 is 0 Å². The van der Waals surface area contributed by atoms with Crippen LogP contribution in [0, 0.1) is 0 Å². The van der Waals surface area contributed by atoms with Gasteiger partial charge in [0, 0.05) is 21.3 Å². The summed E-state index contributed by atoms with van der Waals surface area (Å²) < 4.78 is 26.8. The summed E-state index contributed by atoms with van der Waals surface area (Å²) in [6.07, 6.45) is 0.113. The van der Waals surface area contributed by atoms with E-state index in [0.29, 0.717) is 13.0 Å². The molecule has 5 heteroatoms. The Balaban J connectivity index is 2.62. The Kier molecular flexibility index (Phi) is 4.08. The Morgan fingerprint density at radius 3 is 2.13 bits per heavy atom. The number of hydrogen-bond acceptors (Lipinski definition) is 5. The SMILES string of the molecule is COC(CC1(OC)COC(C)(C)O1)OC. The molecule has 0 aliphatic carbocycles. The Labute approximate surface area is 90.6 Å². The molecule has 0 amide bonds. The predicted octanol–water partition coefficient (Wildman–Crippen LogP) is 1.12. The minimum Gasteiger partial charge on any atom is -0.356 e. The van der Waals surface area contributed by atoms with Gasteiger partial charge in [-0.15, -0.1) is 0 Å². The number of methoxy groups -OCH3 is 3. The zero-order valence-electron chi connectivity index (χ0n) is 10.0. The summed E-state index contributed by atoms with van der Waals surface area (Å²) >= 11 is 0. The maximum Gasteiger partial charge on any atom is 0.199 e. The van der Waals surface area contributed by atoms with E-state index in [1.165, 1.54) is 0 Å². The molecule has 90 valence electrons. The molecule has 0 aromatic heterocycles. The maximum atomic E-state index is 5.72. The van der Waals surface area contributed by atoms with E-state index in [9.17, 15) is 0 Å². The van der Waals surface area contributed by atoms with Gasteiger partial charge in [-0.25, -0.2) is 0 Å². The van der Waals surface area contributed by atoms with E-state index in [2.05, 4.69) is 0 Å². The van der Waals surface area contributed by atoms with E-state index < -0.39 is 11.6 Å². The van der Waals surface area contributed by atoms with Crippen molar-refractivity contribution < 1.29 is 23.7 Å². The lowest BCUT2D eigenvalue weighted by Crippen LogP contribution is -2.40. The molecule has 1 saturated heterocycles. The van der Waals surface area contributed by atoms with Crippen LogP contribution in [0.25, 0.3) is 0 Å². The summed E-state index contributed by atoms with van der Waals surface area (Å²) in [6.45, 7) is 4.07. The molecule has 0 N–H and O–H groups in total. The van der Waals surface area contributed by atoms with Gasteiger partial charge in [0.2, 0.25) is 0 Å². The molecule has 1 aliphatic heterocycles. The molecule has 1 heterocycles. The van der Waals surface area contributed by atoms with Gasteiger partial charge in [-0.2, -0.15) is 0 Å². The third-order valence-electron chi connectivity index (χ3n) is 2.45. The van der Waals surface area contributed by atoms with Gasteiger partial charge in [0.15, 0.2) is 17.9 Å². The van der Waals surface area contributed by atoms with Crippen LogP contribution in [0.1, 0.15) is 20.3 Å². The fourth-order valence-corrected chi connectivity index (χ4v) is 1.59. The van der Waals surface area contributed by atoms with E-state index >= 15 is 0 Å². The van der Waals surface area contributed by atoms with Crippen LogP contribution in [0.5, 0.6) is 0 Å². The first-order valence-electron chi connectivity index (χ1n) is 4.92. The molecular formula is C10H20O5. The normalized spacial score (nSPS) is 30.0.